The molecule has 0 saturated carbocycles. The number of ether oxygens (including phenoxy) is 1. The first kappa shape index (κ1) is 17.9. The van der Waals surface area contributed by atoms with Gasteiger partial charge < -0.3 is 4.74 Å². The van der Waals surface area contributed by atoms with E-state index in [2.05, 4.69) is 0 Å². The van der Waals surface area contributed by atoms with Gasteiger partial charge in [-0.25, -0.2) is 8.42 Å². The molecule has 2 rings (SSSR count). The van der Waals surface area contributed by atoms with Crippen LogP contribution in [0.25, 0.3) is 0 Å². The molecule has 1 fully saturated rings. The van der Waals surface area contributed by atoms with Gasteiger partial charge in [-0.2, -0.15) is 4.31 Å². The molecule has 0 aromatic heterocycles. The molecule has 0 aliphatic carbocycles. The lowest BCUT2D eigenvalue weighted by Gasteiger charge is -2.32. The van der Waals surface area contributed by atoms with E-state index in [0.29, 0.717) is 37.2 Å². The number of rotatable bonds is 5. The Morgan fingerprint density at radius 2 is 1.78 bits per heavy atom. The lowest BCUT2D eigenvalue weighted by atomic mass is 9.90. The van der Waals surface area contributed by atoms with Gasteiger partial charge in [0.1, 0.15) is 6.10 Å². The van der Waals surface area contributed by atoms with E-state index in [0.717, 1.165) is 0 Å². The van der Waals surface area contributed by atoms with Crippen molar-refractivity contribution in [3.05, 3.63) is 30.3 Å². The second kappa shape index (κ2) is 7.01. The van der Waals surface area contributed by atoms with E-state index in [9.17, 15) is 13.2 Å². The first-order chi connectivity index (χ1) is 10.8. The quantitative estimate of drug-likeness (QED) is 0.774. The highest BCUT2D eigenvalue weighted by Gasteiger charge is 2.34. The fourth-order valence-electron chi connectivity index (χ4n) is 2.39. The second-order valence-corrected chi connectivity index (χ2v) is 8.50. The number of carbonyl (C=O) groups is 1. The molecule has 1 aliphatic heterocycles. The number of benzene rings is 1. The first-order valence-corrected chi connectivity index (χ1v) is 9.47. The minimum Gasteiger partial charge on any atom is -0.462 e. The van der Waals surface area contributed by atoms with Gasteiger partial charge in [0.05, 0.1) is 10.3 Å². The van der Waals surface area contributed by atoms with Crippen LogP contribution in [-0.4, -0.2) is 37.9 Å². The molecule has 0 amide bonds. The van der Waals surface area contributed by atoms with Crippen molar-refractivity contribution in [2.75, 3.05) is 13.1 Å². The summed E-state index contributed by atoms with van der Waals surface area (Å²) in [5.74, 6) is -0.204. The number of esters is 1. The minimum absolute atomic E-state index is 0.199. The maximum Gasteiger partial charge on any atom is 0.311 e. The molecule has 0 unspecified atom stereocenters. The predicted molar refractivity (Wildman–Crippen MR) is 88.4 cm³/mol. The monoisotopic (exact) mass is 339 g/mol. The zero-order valence-corrected chi connectivity index (χ0v) is 14.8. The lowest BCUT2D eigenvalue weighted by Crippen LogP contribution is -2.42. The van der Waals surface area contributed by atoms with Crippen LogP contribution < -0.4 is 0 Å². The Hall–Kier alpha value is -1.40. The third kappa shape index (κ3) is 4.12. The molecule has 1 aliphatic rings. The third-order valence-electron chi connectivity index (χ3n) is 4.49. The number of sulfonamides is 1. The van der Waals surface area contributed by atoms with Crippen molar-refractivity contribution in [1.29, 1.82) is 0 Å². The largest absolute Gasteiger partial charge is 0.462 e. The van der Waals surface area contributed by atoms with Crippen LogP contribution in [0, 0.1) is 5.41 Å². The Bertz CT molecular complexity index is 632. The van der Waals surface area contributed by atoms with Gasteiger partial charge in [-0.3, -0.25) is 4.79 Å². The average Bonchev–Trinajstić information content (AvgIpc) is 2.56. The topological polar surface area (TPSA) is 63.7 Å². The summed E-state index contributed by atoms with van der Waals surface area (Å²) in [7, 11) is -3.45. The number of hydrogen-bond donors (Lipinski definition) is 0. The Morgan fingerprint density at radius 1 is 1.22 bits per heavy atom. The summed E-state index contributed by atoms with van der Waals surface area (Å²) in [6.07, 6.45) is 1.60. The van der Waals surface area contributed by atoms with Gasteiger partial charge in [0, 0.05) is 13.1 Å². The standard InChI is InChI=1S/C17H25NO4S/c1-4-17(2,3)16(19)22-14-10-12-18(13-11-14)23(20,21)15-8-6-5-7-9-15/h5-9,14H,4,10-13H2,1-3H3. The summed E-state index contributed by atoms with van der Waals surface area (Å²) >= 11 is 0. The number of hydrogen-bond acceptors (Lipinski definition) is 4. The average molecular weight is 339 g/mol. The van der Waals surface area contributed by atoms with Gasteiger partial charge in [-0.15, -0.1) is 0 Å². The van der Waals surface area contributed by atoms with E-state index in [4.69, 9.17) is 4.74 Å². The molecule has 0 bridgehead atoms. The maximum atomic E-state index is 12.5. The summed E-state index contributed by atoms with van der Waals surface area (Å²) in [4.78, 5) is 12.4. The first-order valence-electron chi connectivity index (χ1n) is 8.03. The van der Waals surface area contributed by atoms with Crippen molar-refractivity contribution in [2.24, 2.45) is 5.41 Å². The molecule has 0 spiro atoms. The van der Waals surface area contributed by atoms with Crippen LogP contribution in [0.1, 0.15) is 40.0 Å². The van der Waals surface area contributed by atoms with Crippen molar-refractivity contribution >= 4 is 16.0 Å². The molecule has 1 heterocycles. The van der Waals surface area contributed by atoms with E-state index in [-0.39, 0.29) is 12.1 Å². The molecule has 23 heavy (non-hydrogen) atoms. The number of nitrogens with zero attached hydrogens (tertiary/aromatic N) is 1. The molecule has 1 saturated heterocycles. The zero-order chi connectivity index (χ0) is 17.1. The predicted octanol–water partition coefficient (Wildman–Crippen LogP) is 2.82. The van der Waals surface area contributed by atoms with Crippen molar-refractivity contribution in [2.45, 2.75) is 51.0 Å². The Labute approximate surface area is 138 Å². The fourth-order valence-corrected chi connectivity index (χ4v) is 3.88. The molecule has 5 nitrogen and oxygen atoms in total. The van der Waals surface area contributed by atoms with Gasteiger partial charge in [0.15, 0.2) is 0 Å². The molecular weight excluding hydrogens is 314 g/mol. The highest BCUT2D eigenvalue weighted by atomic mass is 32.2. The molecule has 0 atom stereocenters. The van der Waals surface area contributed by atoms with Crippen LogP contribution in [0.4, 0.5) is 0 Å². The van der Waals surface area contributed by atoms with E-state index >= 15 is 0 Å². The molecule has 1 aromatic carbocycles. The van der Waals surface area contributed by atoms with Crippen LogP contribution in [0.3, 0.4) is 0 Å². The van der Waals surface area contributed by atoms with Gasteiger partial charge in [0.2, 0.25) is 10.0 Å². The molecule has 6 heteroatoms. The SMILES string of the molecule is CCC(C)(C)C(=O)OC1CCN(S(=O)(=O)c2ccccc2)CC1. The van der Waals surface area contributed by atoms with Gasteiger partial charge >= 0.3 is 5.97 Å². The minimum atomic E-state index is -3.45. The van der Waals surface area contributed by atoms with Crippen molar-refractivity contribution in [3.8, 4) is 0 Å². The van der Waals surface area contributed by atoms with Gasteiger partial charge in [-0.1, -0.05) is 25.1 Å². The molecular formula is C17H25NO4S. The van der Waals surface area contributed by atoms with Crippen molar-refractivity contribution in [1.82, 2.24) is 4.31 Å². The highest BCUT2D eigenvalue weighted by molar-refractivity contribution is 7.89. The van der Waals surface area contributed by atoms with Gasteiger partial charge in [-0.05, 0) is 45.2 Å². The Kier molecular flexibility index (Phi) is 5.47. The summed E-state index contributed by atoms with van der Waals surface area (Å²) in [6.45, 7) is 6.44. The van der Waals surface area contributed by atoms with E-state index in [1.807, 2.05) is 20.8 Å². The van der Waals surface area contributed by atoms with E-state index in [1.165, 1.54) is 4.31 Å². The molecule has 128 valence electrons. The normalized spacial score (nSPS) is 17.9. The smallest absolute Gasteiger partial charge is 0.311 e. The fraction of sp³-hybridized carbons (Fsp3) is 0.588. The maximum absolute atomic E-state index is 12.5. The second-order valence-electron chi connectivity index (χ2n) is 6.56. The van der Waals surface area contributed by atoms with E-state index in [1.54, 1.807) is 30.3 Å². The molecule has 0 N–H and O–H groups in total. The third-order valence-corrected chi connectivity index (χ3v) is 6.40. The van der Waals surface area contributed by atoms with Crippen LogP contribution in [0.2, 0.25) is 0 Å². The summed E-state index contributed by atoms with van der Waals surface area (Å²) < 4.78 is 32.1. The molecule has 1 aromatic rings. The van der Waals surface area contributed by atoms with E-state index < -0.39 is 15.4 Å². The Morgan fingerprint density at radius 3 is 2.30 bits per heavy atom. The highest BCUT2D eigenvalue weighted by Crippen LogP contribution is 2.26. The summed E-state index contributed by atoms with van der Waals surface area (Å²) in [6, 6.07) is 8.43. The number of carbonyl (C=O) groups excluding carboxylic acids is 1. The van der Waals surface area contributed by atoms with Crippen LogP contribution in [0.5, 0.6) is 0 Å². The van der Waals surface area contributed by atoms with Crippen LogP contribution >= 0.6 is 0 Å². The van der Waals surface area contributed by atoms with Crippen LogP contribution in [-0.2, 0) is 19.6 Å². The zero-order valence-electron chi connectivity index (χ0n) is 14.0. The van der Waals surface area contributed by atoms with Crippen molar-refractivity contribution in [3.63, 3.8) is 0 Å². The van der Waals surface area contributed by atoms with Crippen LogP contribution in [0.15, 0.2) is 35.2 Å². The Balaban J connectivity index is 1.95. The summed E-state index contributed by atoms with van der Waals surface area (Å²) in [5, 5.41) is 0. The lowest BCUT2D eigenvalue weighted by molar-refractivity contribution is -0.161. The molecule has 0 radical (unpaired) electrons. The van der Waals surface area contributed by atoms with Crippen molar-refractivity contribution < 1.29 is 17.9 Å². The van der Waals surface area contributed by atoms with Gasteiger partial charge in [0.25, 0.3) is 0 Å². The number of piperidine rings is 1. The summed E-state index contributed by atoms with van der Waals surface area (Å²) in [5.41, 5.74) is -0.493.